The van der Waals surface area contributed by atoms with Gasteiger partial charge in [-0.3, -0.25) is 9.89 Å². The number of aliphatic imine (C=N–C) groups is 1. The first-order valence-corrected chi connectivity index (χ1v) is 9.80. The molecule has 1 aliphatic rings. The highest BCUT2D eigenvalue weighted by atomic mass is 16.5. The predicted octanol–water partition coefficient (Wildman–Crippen LogP) is 2.62. The number of guanidine groups is 1. The van der Waals surface area contributed by atoms with Gasteiger partial charge in [0, 0.05) is 25.3 Å². The van der Waals surface area contributed by atoms with Crippen LogP contribution in [0.25, 0.3) is 0 Å². The Labute approximate surface area is 167 Å². The number of hydrogen-bond donors (Lipinski definition) is 3. The summed E-state index contributed by atoms with van der Waals surface area (Å²) in [5.74, 6) is 1.11. The first-order chi connectivity index (χ1) is 13.5. The summed E-state index contributed by atoms with van der Waals surface area (Å²) in [5, 5.41) is 13.4. The van der Waals surface area contributed by atoms with Crippen LogP contribution in [0.15, 0.2) is 53.5 Å². The second-order valence-electron chi connectivity index (χ2n) is 7.45. The van der Waals surface area contributed by atoms with Crippen molar-refractivity contribution in [2.45, 2.75) is 39.0 Å². The van der Waals surface area contributed by atoms with Gasteiger partial charge in [-0.25, -0.2) is 0 Å². The zero-order valence-electron chi connectivity index (χ0n) is 16.6. The quantitative estimate of drug-likeness (QED) is 0.506. The maximum atomic E-state index is 10.3. The van der Waals surface area contributed by atoms with E-state index >= 15 is 0 Å². The second-order valence-corrected chi connectivity index (χ2v) is 7.45. The fraction of sp³-hybridized carbons (Fsp3) is 0.409. The van der Waals surface area contributed by atoms with Gasteiger partial charge >= 0.3 is 0 Å². The molecule has 0 amide bonds. The Kier molecular flexibility index (Phi) is 6.90. The monoisotopic (exact) mass is 382 g/mol. The van der Waals surface area contributed by atoms with Gasteiger partial charge in [0.25, 0.3) is 0 Å². The van der Waals surface area contributed by atoms with E-state index in [0.29, 0.717) is 12.5 Å². The van der Waals surface area contributed by atoms with Crippen molar-refractivity contribution in [1.82, 2.24) is 4.90 Å². The Bertz CT molecular complexity index is 789. The van der Waals surface area contributed by atoms with Crippen LogP contribution in [0, 0.1) is 0 Å². The van der Waals surface area contributed by atoms with Crippen molar-refractivity contribution in [2.24, 2.45) is 10.7 Å². The average Bonchev–Trinajstić information content (AvgIpc) is 2.67. The van der Waals surface area contributed by atoms with Gasteiger partial charge in [-0.2, -0.15) is 0 Å². The van der Waals surface area contributed by atoms with E-state index in [9.17, 15) is 5.11 Å². The molecule has 3 rings (SSSR count). The smallest absolute Gasteiger partial charge is 0.193 e. The van der Waals surface area contributed by atoms with E-state index in [1.807, 2.05) is 38.1 Å². The van der Waals surface area contributed by atoms with Crippen molar-refractivity contribution < 1.29 is 9.84 Å². The number of benzene rings is 2. The molecule has 2 aromatic carbocycles. The van der Waals surface area contributed by atoms with Crippen molar-refractivity contribution in [1.29, 1.82) is 0 Å². The molecule has 0 saturated carbocycles. The molecule has 1 unspecified atom stereocenters. The number of hydrogen-bond acceptors (Lipinski definition) is 4. The standard InChI is InChI=1S/C22H30N4O2/c1-16(2)28-21-9-7-19(8-10-21)25-22(23)24-13-20(27)15-26-12-11-17-5-3-4-6-18(17)14-26/h3-10,16,20,27H,11-15H2,1-2H3,(H3,23,24,25). The third-order valence-electron chi connectivity index (χ3n) is 4.65. The average molecular weight is 383 g/mol. The molecule has 0 fully saturated rings. The predicted molar refractivity (Wildman–Crippen MR) is 114 cm³/mol. The highest BCUT2D eigenvalue weighted by molar-refractivity contribution is 5.92. The molecule has 0 bridgehead atoms. The minimum absolute atomic E-state index is 0.139. The lowest BCUT2D eigenvalue weighted by atomic mass is 10.00. The van der Waals surface area contributed by atoms with Crippen molar-refractivity contribution in [3.63, 3.8) is 0 Å². The molecule has 6 heteroatoms. The molecule has 0 radical (unpaired) electrons. The number of aliphatic hydroxyl groups excluding tert-OH is 1. The fourth-order valence-corrected chi connectivity index (χ4v) is 3.35. The van der Waals surface area contributed by atoms with Crippen LogP contribution in [-0.4, -0.2) is 47.8 Å². The first kappa shape index (κ1) is 20.2. The minimum Gasteiger partial charge on any atom is -0.491 e. The van der Waals surface area contributed by atoms with Crippen molar-refractivity contribution in [2.75, 3.05) is 25.0 Å². The summed E-state index contributed by atoms with van der Waals surface area (Å²) < 4.78 is 5.62. The number of anilines is 1. The normalized spacial score (nSPS) is 15.9. The Hall–Kier alpha value is -2.57. The summed E-state index contributed by atoms with van der Waals surface area (Å²) in [6.07, 6.45) is 0.611. The fourth-order valence-electron chi connectivity index (χ4n) is 3.35. The minimum atomic E-state index is -0.549. The molecule has 6 nitrogen and oxygen atoms in total. The molecule has 0 spiro atoms. The molecule has 1 aliphatic heterocycles. The zero-order chi connectivity index (χ0) is 19.9. The number of fused-ring (bicyclic) bond motifs is 1. The van der Waals surface area contributed by atoms with Crippen LogP contribution in [0.2, 0.25) is 0 Å². The van der Waals surface area contributed by atoms with E-state index in [1.165, 1.54) is 11.1 Å². The van der Waals surface area contributed by atoms with Gasteiger partial charge in [-0.1, -0.05) is 24.3 Å². The van der Waals surface area contributed by atoms with Crippen molar-refractivity contribution in [3.8, 4) is 5.75 Å². The number of aliphatic hydroxyl groups is 1. The van der Waals surface area contributed by atoms with E-state index in [4.69, 9.17) is 10.5 Å². The summed E-state index contributed by atoms with van der Waals surface area (Å²) in [5.41, 5.74) is 9.54. The van der Waals surface area contributed by atoms with Crippen LogP contribution < -0.4 is 15.8 Å². The number of nitrogens with one attached hydrogen (secondary N) is 1. The molecule has 28 heavy (non-hydrogen) atoms. The van der Waals surface area contributed by atoms with Crippen LogP contribution in [0.4, 0.5) is 5.69 Å². The largest absolute Gasteiger partial charge is 0.491 e. The molecule has 1 atom stereocenters. The number of nitrogens with zero attached hydrogens (tertiary/aromatic N) is 2. The Morgan fingerprint density at radius 3 is 2.61 bits per heavy atom. The topological polar surface area (TPSA) is 83.1 Å². The molecule has 1 heterocycles. The third-order valence-corrected chi connectivity index (χ3v) is 4.65. The molecule has 0 aliphatic carbocycles. The van der Waals surface area contributed by atoms with Gasteiger partial charge in [0.2, 0.25) is 0 Å². The Morgan fingerprint density at radius 2 is 1.89 bits per heavy atom. The highest BCUT2D eigenvalue weighted by Gasteiger charge is 2.18. The summed E-state index contributed by atoms with van der Waals surface area (Å²) in [6.45, 7) is 6.67. The summed E-state index contributed by atoms with van der Waals surface area (Å²) >= 11 is 0. The maximum absolute atomic E-state index is 10.3. The molecule has 150 valence electrons. The van der Waals surface area contributed by atoms with Crippen LogP contribution in [0.5, 0.6) is 5.75 Å². The van der Waals surface area contributed by atoms with Crippen molar-refractivity contribution >= 4 is 11.6 Å². The molecule has 0 saturated heterocycles. The molecule has 4 N–H and O–H groups in total. The van der Waals surface area contributed by atoms with Gasteiger partial charge in [0.1, 0.15) is 5.75 Å². The lowest BCUT2D eigenvalue weighted by Crippen LogP contribution is -2.38. The third kappa shape index (κ3) is 5.97. The van der Waals surface area contributed by atoms with Crippen LogP contribution >= 0.6 is 0 Å². The summed E-state index contributed by atoms with van der Waals surface area (Å²) in [4.78, 5) is 6.54. The zero-order valence-corrected chi connectivity index (χ0v) is 16.6. The summed E-state index contributed by atoms with van der Waals surface area (Å²) in [6, 6.07) is 16.0. The number of ether oxygens (including phenoxy) is 1. The van der Waals surface area contributed by atoms with Gasteiger partial charge in [0.15, 0.2) is 5.96 Å². The molecular formula is C22H30N4O2. The van der Waals surface area contributed by atoms with E-state index in [1.54, 1.807) is 0 Å². The van der Waals surface area contributed by atoms with Gasteiger partial charge in [-0.15, -0.1) is 0 Å². The SMILES string of the molecule is CC(C)Oc1ccc(NC(N)=NCC(O)CN2CCc3ccccc3C2)cc1. The molecular weight excluding hydrogens is 352 g/mol. The number of nitrogens with two attached hydrogens (primary N) is 1. The van der Waals surface area contributed by atoms with Gasteiger partial charge in [0.05, 0.1) is 18.8 Å². The molecule has 0 aromatic heterocycles. The van der Waals surface area contributed by atoms with E-state index in [2.05, 4.69) is 39.5 Å². The van der Waals surface area contributed by atoms with Gasteiger partial charge in [-0.05, 0) is 55.7 Å². The van der Waals surface area contributed by atoms with Crippen LogP contribution in [0.1, 0.15) is 25.0 Å². The Morgan fingerprint density at radius 1 is 1.18 bits per heavy atom. The number of β-amino-alcohol motifs (C(OH)–C–C–N with tert-alkyl or cyclic N) is 1. The first-order valence-electron chi connectivity index (χ1n) is 9.80. The van der Waals surface area contributed by atoms with E-state index in [0.717, 1.165) is 30.9 Å². The van der Waals surface area contributed by atoms with Gasteiger partial charge < -0.3 is 20.9 Å². The lowest BCUT2D eigenvalue weighted by Gasteiger charge is -2.30. The van der Waals surface area contributed by atoms with E-state index < -0.39 is 6.10 Å². The molecule has 2 aromatic rings. The number of rotatable bonds is 7. The summed E-state index contributed by atoms with van der Waals surface area (Å²) in [7, 11) is 0. The van der Waals surface area contributed by atoms with Crippen LogP contribution in [0.3, 0.4) is 0 Å². The maximum Gasteiger partial charge on any atom is 0.193 e. The Balaban J connectivity index is 1.45. The van der Waals surface area contributed by atoms with Crippen molar-refractivity contribution in [3.05, 3.63) is 59.7 Å². The van der Waals surface area contributed by atoms with Crippen LogP contribution in [-0.2, 0) is 13.0 Å². The van der Waals surface area contributed by atoms with E-state index in [-0.39, 0.29) is 12.6 Å². The second kappa shape index (κ2) is 9.57. The lowest BCUT2D eigenvalue weighted by molar-refractivity contribution is 0.112. The highest BCUT2D eigenvalue weighted by Crippen LogP contribution is 2.19.